The van der Waals surface area contributed by atoms with E-state index in [9.17, 15) is 0 Å². The quantitative estimate of drug-likeness (QED) is 0.789. The average molecular weight is 295 g/mol. The molecule has 0 spiro atoms. The molecular formula is C16H25NO2S. The molecule has 1 unspecified atom stereocenters. The van der Waals surface area contributed by atoms with Gasteiger partial charge in [-0.15, -0.1) is 0 Å². The molecule has 1 atom stereocenters. The third-order valence-corrected chi connectivity index (χ3v) is 4.65. The molecule has 4 heteroatoms. The van der Waals surface area contributed by atoms with E-state index in [2.05, 4.69) is 38.2 Å². The molecule has 1 heterocycles. The zero-order valence-electron chi connectivity index (χ0n) is 12.6. The Bertz CT molecular complexity index is 423. The van der Waals surface area contributed by atoms with Gasteiger partial charge < -0.3 is 14.8 Å². The lowest BCUT2D eigenvalue weighted by atomic mass is 10.1. The summed E-state index contributed by atoms with van der Waals surface area (Å²) in [7, 11) is 0. The van der Waals surface area contributed by atoms with E-state index in [1.807, 2.05) is 17.8 Å². The highest BCUT2D eigenvalue weighted by Crippen LogP contribution is 2.34. The molecule has 2 rings (SSSR count). The SMILES string of the molecule is CCCNC(CSCC(C)C)c1ccc2c(c1)OCO2. The number of hydrogen-bond acceptors (Lipinski definition) is 4. The van der Waals surface area contributed by atoms with Crippen LogP contribution < -0.4 is 14.8 Å². The summed E-state index contributed by atoms with van der Waals surface area (Å²) >= 11 is 2.01. The standard InChI is InChI=1S/C16H25NO2S/c1-4-7-17-14(10-20-9-12(2)3)13-5-6-15-16(8-13)19-11-18-15/h5-6,8,12,14,17H,4,7,9-11H2,1-3H3. The van der Waals surface area contributed by atoms with Crippen LogP contribution in [0.1, 0.15) is 38.8 Å². The molecule has 0 saturated carbocycles. The Hall–Kier alpha value is -0.870. The summed E-state index contributed by atoms with van der Waals surface area (Å²) in [4.78, 5) is 0. The Kier molecular flexibility index (Phi) is 6.05. The first-order chi connectivity index (χ1) is 9.70. The minimum Gasteiger partial charge on any atom is -0.454 e. The molecule has 0 fully saturated rings. The highest BCUT2D eigenvalue weighted by Gasteiger charge is 2.17. The van der Waals surface area contributed by atoms with Gasteiger partial charge in [-0.25, -0.2) is 0 Å². The molecule has 0 bridgehead atoms. The molecule has 20 heavy (non-hydrogen) atoms. The maximum atomic E-state index is 5.48. The maximum absolute atomic E-state index is 5.48. The van der Waals surface area contributed by atoms with E-state index in [1.54, 1.807) is 0 Å². The lowest BCUT2D eigenvalue weighted by molar-refractivity contribution is 0.174. The van der Waals surface area contributed by atoms with Crippen molar-refractivity contribution in [3.8, 4) is 11.5 Å². The molecule has 0 radical (unpaired) electrons. The van der Waals surface area contributed by atoms with Gasteiger partial charge in [-0.1, -0.05) is 26.8 Å². The summed E-state index contributed by atoms with van der Waals surface area (Å²) in [5, 5.41) is 3.63. The van der Waals surface area contributed by atoms with Gasteiger partial charge in [0.25, 0.3) is 0 Å². The summed E-state index contributed by atoms with van der Waals surface area (Å²) in [5.41, 5.74) is 1.29. The van der Waals surface area contributed by atoms with Crippen molar-refractivity contribution in [2.75, 3.05) is 24.8 Å². The predicted octanol–water partition coefficient (Wildman–Crippen LogP) is 3.85. The van der Waals surface area contributed by atoms with Gasteiger partial charge >= 0.3 is 0 Å². The zero-order chi connectivity index (χ0) is 14.4. The van der Waals surface area contributed by atoms with E-state index in [4.69, 9.17) is 9.47 Å². The van der Waals surface area contributed by atoms with Crippen LogP contribution in [0, 0.1) is 5.92 Å². The third-order valence-electron chi connectivity index (χ3n) is 3.18. The van der Waals surface area contributed by atoms with Crippen molar-refractivity contribution in [1.82, 2.24) is 5.32 Å². The Labute approximate surface area is 126 Å². The number of hydrogen-bond donors (Lipinski definition) is 1. The zero-order valence-corrected chi connectivity index (χ0v) is 13.5. The van der Waals surface area contributed by atoms with E-state index >= 15 is 0 Å². The number of fused-ring (bicyclic) bond motifs is 1. The summed E-state index contributed by atoms with van der Waals surface area (Å²) in [6.07, 6.45) is 1.15. The normalized spacial score (nSPS) is 14.8. The van der Waals surface area contributed by atoms with Crippen LogP contribution in [-0.4, -0.2) is 24.8 Å². The fourth-order valence-electron chi connectivity index (χ4n) is 2.14. The molecule has 0 amide bonds. The lowest BCUT2D eigenvalue weighted by Gasteiger charge is -2.19. The fraction of sp³-hybridized carbons (Fsp3) is 0.625. The van der Waals surface area contributed by atoms with E-state index in [0.717, 1.165) is 36.1 Å². The summed E-state index contributed by atoms with van der Waals surface area (Å²) in [5.74, 6) is 4.77. The van der Waals surface area contributed by atoms with Gasteiger partial charge in [0.15, 0.2) is 11.5 Å². The highest BCUT2D eigenvalue weighted by atomic mass is 32.2. The average Bonchev–Trinajstić information content (AvgIpc) is 2.89. The second-order valence-corrected chi connectivity index (χ2v) is 6.63. The highest BCUT2D eigenvalue weighted by molar-refractivity contribution is 7.99. The topological polar surface area (TPSA) is 30.5 Å². The number of rotatable bonds is 8. The van der Waals surface area contributed by atoms with Crippen molar-refractivity contribution in [3.63, 3.8) is 0 Å². The van der Waals surface area contributed by atoms with E-state index < -0.39 is 0 Å². The molecule has 1 aromatic carbocycles. The number of benzene rings is 1. The number of ether oxygens (including phenoxy) is 2. The molecule has 1 aliphatic heterocycles. The maximum Gasteiger partial charge on any atom is 0.231 e. The Balaban J connectivity index is 2.01. The minimum absolute atomic E-state index is 0.341. The molecule has 1 aliphatic rings. The van der Waals surface area contributed by atoms with Crippen molar-refractivity contribution in [2.24, 2.45) is 5.92 Å². The molecule has 0 saturated heterocycles. The first kappa shape index (κ1) is 15.5. The molecule has 1 aromatic rings. The second-order valence-electron chi connectivity index (χ2n) is 5.55. The van der Waals surface area contributed by atoms with Gasteiger partial charge in [0.1, 0.15) is 0 Å². The molecular weight excluding hydrogens is 270 g/mol. The van der Waals surface area contributed by atoms with E-state index in [1.165, 1.54) is 11.3 Å². The minimum atomic E-state index is 0.341. The number of thioether (sulfide) groups is 1. The van der Waals surface area contributed by atoms with Crippen molar-refractivity contribution >= 4 is 11.8 Å². The van der Waals surface area contributed by atoms with Crippen molar-refractivity contribution in [3.05, 3.63) is 23.8 Å². The molecule has 1 N–H and O–H groups in total. The summed E-state index contributed by atoms with van der Waals surface area (Å²) in [6.45, 7) is 8.12. The van der Waals surface area contributed by atoms with Crippen molar-refractivity contribution in [1.29, 1.82) is 0 Å². The smallest absolute Gasteiger partial charge is 0.231 e. The van der Waals surface area contributed by atoms with Crippen LogP contribution in [0.15, 0.2) is 18.2 Å². The summed E-state index contributed by atoms with van der Waals surface area (Å²) in [6, 6.07) is 6.67. The molecule has 0 aromatic heterocycles. The Morgan fingerprint density at radius 2 is 2.00 bits per heavy atom. The van der Waals surface area contributed by atoms with Crippen LogP contribution in [0.25, 0.3) is 0 Å². The monoisotopic (exact) mass is 295 g/mol. The Morgan fingerprint density at radius 3 is 2.75 bits per heavy atom. The fourth-order valence-corrected chi connectivity index (χ4v) is 3.30. The first-order valence-corrected chi connectivity index (χ1v) is 8.56. The first-order valence-electron chi connectivity index (χ1n) is 7.41. The summed E-state index contributed by atoms with van der Waals surface area (Å²) < 4.78 is 10.9. The van der Waals surface area contributed by atoms with E-state index in [-0.39, 0.29) is 0 Å². The molecule has 112 valence electrons. The van der Waals surface area contributed by atoms with Gasteiger partial charge in [0.2, 0.25) is 6.79 Å². The molecule has 0 aliphatic carbocycles. The van der Waals surface area contributed by atoms with Gasteiger partial charge in [-0.05, 0) is 42.3 Å². The van der Waals surface area contributed by atoms with Crippen molar-refractivity contribution < 1.29 is 9.47 Å². The van der Waals surface area contributed by atoms with E-state index in [0.29, 0.717) is 12.8 Å². The van der Waals surface area contributed by atoms with Crippen LogP contribution in [0.2, 0.25) is 0 Å². The van der Waals surface area contributed by atoms with Gasteiger partial charge in [0, 0.05) is 11.8 Å². The van der Waals surface area contributed by atoms with Crippen molar-refractivity contribution in [2.45, 2.75) is 33.2 Å². The van der Waals surface area contributed by atoms with Gasteiger partial charge in [-0.2, -0.15) is 11.8 Å². The largest absolute Gasteiger partial charge is 0.454 e. The van der Waals surface area contributed by atoms with Crippen LogP contribution in [-0.2, 0) is 0 Å². The van der Waals surface area contributed by atoms with Crippen LogP contribution in [0.4, 0.5) is 0 Å². The van der Waals surface area contributed by atoms with Gasteiger partial charge in [-0.3, -0.25) is 0 Å². The third kappa shape index (κ3) is 4.32. The Morgan fingerprint density at radius 1 is 1.20 bits per heavy atom. The predicted molar refractivity (Wildman–Crippen MR) is 85.8 cm³/mol. The van der Waals surface area contributed by atoms with Gasteiger partial charge in [0.05, 0.1) is 0 Å². The molecule has 3 nitrogen and oxygen atoms in total. The van der Waals surface area contributed by atoms with Crippen LogP contribution in [0.3, 0.4) is 0 Å². The van der Waals surface area contributed by atoms with Crippen LogP contribution in [0.5, 0.6) is 11.5 Å². The van der Waals surface area contributed by atoms with Crippen LogP contribution >= 0.6 is 11.8 Å². The number of nitrogens with one attached hydrogen (secondary N) is 1. The second kappa shape index (κ2) is 7.79. The lowest BCUT2D eigenvalue weighted by Crippen LogP contribution is -2.24.